The Morgan fingerprint density at radius 3 is 2.82 bits per heavy atom. The van der Waals surface area contributed by atoms with Crippen molar-refractivity contribution in [1.82, 2.24) is 5.32 Å². The average molecular weight is 234 g/mol. The van der Waals surface area contributed by atoms with Crippen molar-refractivity contribution in [2.45, 2.75) is 19.8 Å². The third-order valence-electron chi connectivity index (χ3n) is 3.23. The Labute approximate surface area is 104 Å². The molecule has 3 heteroatoms. The van der Waals surface area contributed by atoms with Crippen LogP contribution in [0.4, 0.5) is 5.69 Å². The Bertz CT molecular complexity index is 335. The maximum Gasteiger partial charge on any atom is 0.142 e. The van der Waals surface area contributed by atoms with Crippen molar-refractivity contribution in [2.24, 2.45) is 5.92 Å². The zero-order chi connectivity index (χ0) is 11.9. The Morgan fingerprint density at radius 1 is 1.29 bits per heavy atom. The maximum absolute atomic E-state index is 5.60. The second kappa shape index (κ2) is 6.50. The molecule has 0 aliphatic carbocycles. The monoisotopic (exact) mass is 234 g/mol. The molecule has 17 heavy (non-hydrogen) atoms. The van der Waals surface area contributed by atoms with Crippen LogP contribution in [0.25, 0.3) is 0 Å². The standard InChI is InChI=1S/C14H22N2O/c1-2-17-14-6-4-3-5-13(14)16-11-12-7-9-15-10-8-12/h3-6,12,15-16H,2,7-11H2,1H3. The molecule has 3 nitrogen and oxygen atoms in total. The van der Waals surface area contributed by atoms with Gasteiger partial charge in [0.25, 0.3) is 0 Å². The number of hydrogen-bond acceptors (Lipinski definition) is 3. The molecule has 94 valence electrons. The molecule has 2 N–H and O–H groups in total. The zero-order valence-corrected chi connectivity index (χ0v) is 10.5. The largest absolute Gasteiger partial charge is 0.492 e. The molecule has 1 saturated heterocycles. The highest BCUT2D eigenvalue weighted by molar-refractivity contribution is 5.56. The molecule has 0 aromatic heterocycles. The number of benzene rings is 1. The molecule has 1 aromatic carbocycles. The van der Waals surface area contributed by atoms with Gasteiger partial charge in [-0.25, -0.2) is 0 Å². The number of hydrogen-bond donors (Lipinski definition) is 2. The van der Waals surface area contributed by atoms with E-state index in [1.807, 2.05) is 25.1 Å². The first-order valence-electron chi connectivity index (χ1n) is 6.56. The summed E-state index contributed by atoms with van der Waals surface area (Å²) in [6, 6.07) is 8.17. The first-order valence-corrected chi connectivity index (χ1v) is 6.56. The van der Waals surface area contributed by atoms with E-state index in [2.05, 4.69) is 16.7 Å². The third kappa shape index (κ3) is 3.63. The Hall–Kier alpha value is -1.22. The highest BCUT2D eigenvalue weighted by Crippen LogP contribution is 2.24. The molecule has 0 spiro atoms. The Balaban J connectivity index is 1.88. The van der Waals surface area contributed by atoms with Gasteiger partial charge in [-0.1, -0.05) is 12.1 Å². The number of anilines is 1. The minimum absolute atomic E-state index is 0.714. The summed E-state index contributed by atoms with van der Waals surface area (Å²) in [6.45, 7) is 6.08. The van der Waals surface area contributed by atoms with Gasteiger partial charge in [0.15, 0.2) is 0 Å². The van der Waals surface area contributed by atoms with Crippen molar-refractivity contribution in [3.8, 4) is 5.75 Å². The topological polar surface area (TPSA) is 33.3 Å². The van der Waals surface area contributed by atoms with Gasteiger partial charge in [0.05, 0.1) is 12.3 Å². The van der Waals surface area contributed by atoms with Crippen LogP contribution in [0.2, 0.25) is 0 Å². The predicted octanol–water partition coefficient (Wildman–Crippen LogP) is 2.50. The summed E-state index contributed by atoms with van der Waals surface area (Å²) < 4.78 is 5.60. The summed E-state index contributed by atoms with van der Waals surface area (Å²) >= 11 is 0. The highest BCUT2D eigenvalue weighted by atomic mass is 16.5. The van der Waals surface area contributed by atoms with E-state index < -0.39 is 0 Å². The summed E-state index contributed by atoms with van der Waals surface area (Å²) in [5.41, 5.74) is 1.12. The molecule has 0 saturated carbocycles. The van der Waals surface area contributed by atoms with Crippen LogP contribution in [0.3, 0.4) is 0 Å². The van der Waals surface area contributed by atoms with E-state index in [0.717, 1.165) is 37.0 Å². The fourth-order valence-corrected chi connectivity index (χ4v) is 2.23. The van der Waals surface area contributed by atoms with Crippen LogP contribution < -0.4 is 15.4 Å². The summed E-state index contributed by atoms with van der Waals surface area (Å²) in [4.78, 5) is 0. The second-order valence-electron chi connectivity index (χ2n) is 4.50. The lowest BCUT2D eigenvalue weighted by atomic mass is 9.98. The van der Waals surface area contributed by atoms with Gasteiger partial charge in [-0.05, 0) is 50.9 Å². The third-order valence-corrected chi connectivity index (χ3v) is 3.23. The molecule has 1 aliphatic rings. The normalized spacial score (nSPS) is 16.8. The van der Waals surface area contributed by atoms with Gasteiger partial charge in [-0.2, -0.15) is 0 Å². The first-order chi connectivity index (χ1) is 8.40. The van der Waals surface area contributed by atoms with E-state index in [-0.39, 0.29) is 0 Å². The van der Waals surface area contributed by atoms with Crippen molar-refractivity contribution in [1.29, 1.82) is 0 Å². The van der Waals surface area contributed by atoms with Crippen LogP contribution in [0, 0.1) is 5.92 Å². The summed E-state index contributed by atoms with van der Waals surface area (Å²) in [7, 11) is 0. The molecular weight excluding hydrogens is 212 g/mol. The molecule has 0 atom stereocenters. The average Bonchev–Trinajstić information content (AvgIpc) is 2.39. The molecule has 0 bridgehead atoms. The fourth-order valence-electron chi connectivity index (χ4n) is 2.23. The lowest BCUT2D eigenvalue weighted by Crippen LogP contribution is -2.31. The maximum atomic E-state index is 5.60. The molecule has 1 aromatic rings. The number of rotatable bonds is 5. The van der Waals surface area contributed by atoms with E-state index in [4.69, 9.17) is 4.74 Å². The first kappa shape index (κ1) is 12.2. The number of ether oxygens (including phenoxy) is 1. The van der Waals surface area contributed by atoms with Crippen LogP contribution in [-0.4, -0.2) is 26.2 Å². The van der Waals surface area contributed by atoms with Gasteiger partial charge in [0, 0.05) is 6.54 Å². The van der Waals surface area contributed by atoms with E-state index >= 15 is 0 Å². The molecule has 0 radical (unpaired) electrons. The van der Waals surface area contributed by atoms with Crippen LogP contribution in [0.1, 0.15) is 19.8 Å². The SMILES string of the molecule is CCOc1ccccc1NCC1CCNCC1. The molecular formula is C14H22N2O. The quantitative estimate of drug-likeness (QED) is 0.821. The predicted molar refractivity (Wildman–Crippen MR) is 71.7 cm³/mol. The number of nitrogens with one attached hydrogen (secondary N) is 2. The molecule has 0 unspecified atom stereocenters. The zero-order valence-electron chi connectivity index (χ0n) is 10.5. The number of para-hydroxylation sites is 2. The van der Waals surface area contributed by atoms with Gasteiger partial charge in [0.2, 0.25) is 0 Å². The number of piperidine rings is 1. The second-order valence-corrected chi connectivity index (χ2v) is 4.50. The van der Waals surface area contributed by atoms with Crippen molar-refractivity contribution in [2.75, 3.05) is 31.6 Å². The lowest BCUT2D eigenvalue weighted by Gasteiger charge is -2.23. The van der Waals surface area contributed by atoms with Gasteiger partial charge < -0.3 is 15.4 Å². The smallest absolute Gasteiger partial charge is 0.142 e. The van der Waals surface area contributed by atoms with Crippen molar-refractivity contribution in [3.63, 3.8) is 0 Å². The lowest BCUT2D eigenvalue weighted by molar-refractivity contribution is 0.341. The van der Waals surface area contributed by atoms with Crippen LogP contribution in [0.15, 0.2) is 24.3 Å². The molecule has 1 heterocycles. The minimum Gasteiger partial charge on any atom is -0.492 e. The molecule has 1 aliphatic heterocycles. The van der Waals surface area contributed by atoms with E-state index in [9.17, 15) is 0 Å². The minimum atomic E-state index is 0.714. The van der Waals surface area contributed by atoms with E-state index in [0.29, 0.717) is 6.61 Å². The van der Waals surface area contributed by atoms with Crippen LogP contribution >= 0.6 is 0 Å². The van der Waals surface area contributed by atoms with E-state index in [1.165, 1.54) is 12.8 Å². The van der Waals surface area contributed by atoms with Crippen LogP contribution in [0.5, 0.6) is 5.75 Å². The molecule has 2 rings (SSSR count). The van der Waals surface area contributed by atoms with Crippen molar-refractivity contribution >= 4 is 5.69 Å². The summed E-state index contributed by atoms with van der Waals surface area (Å²) in [5.74, 6) is 1.75. The summed E-state index contributed by atoms with van der Waals surface area (Å²) in [5, 5.41) is 6.91. The fraction of sp³-hybridized carbons (Fsp3) is 0.571. The van der Waals surface area contributed by atoms with Crippen molar-refractivity contribution in [3.05, 3.63) is 24.3 Å². The van der Waals surface area contributed by atoms with Crippen molar-refractivity contribution < 1.29 is 4.74 Å². The van der Waals surface area contributed by atoms with Crippen LogP contribution in [-0.2, 0) is 0 Å². The molecule has 1 fully saturated rings. The van der Waals surface area contributed by atoms with Gasteiger partial charge in [-0.15, -0.1) is 0 Å². The molecule has 0 amide bonds. The Kier molecular flexibility index (Phi) is 4.68. The van der Waals surface area contributed by atoms with Gasteiger partial charge >= 0.3 is 0 Å². The summed E-state index contributed by atoms with van der Waals surface area (Å²) in [6.07, 6.45) is 2.54. The van der Waals surface area contributed by atoms with Gasteiger partial charge in [-0.3, -0.25) is 0 Å². The van der Waals surface area contributed by atoms with E-state index in [1.54, 1.807) is 0 Å². The van der Waals surface area contributed by atoms with Gasteiger partial charge in [0.1, 0.15) is 5.75 Å². The Morgan fingerprint density at radius 2 is 2.06 bits per heavy atom. The highest BCUT2D eigenvalue weighted by Gasteiger charge is 2.13.